The van der Waals surface area contributed by atoms with Crippen molar-refractivity contribution in [1.29, 1.82) is 0 Å². The molecule has 0 aromatic heterocycles. The van der Waals surface area contributed by atoms with E-state index in [0.717, 1.165) is 49.1 Å². The Bertz CT molecular complexity index is 1030. The number of aliphatic imine (C=N–C) groups is 2. The van der Waals surface area contributed by atoms with Crippen molar-refractivity contribution in [2.24, 2.45) is 9.98 Å². The van der Waals surface area contributed by atoms with E-state index in [-0.39, 0.29) is 0 Å². The van der Waals surface area contributed by atoms with Crippen LogP contribution in [0.3, 0.4) is 0 Å². The third-order valence-electron chi connectivity index (χ3n) is 4.55. The van der Waals surface area contributed by atoms with Gasteiger partial charge in [0.25, 0.3) is 0 Å². The van der Waals surface area contributed by atoms with Gasteiger partial charge in [-0.05, 0) is 56.7 Å². The molecule has 0 spiro atoms. The number of hydrogen-bond donors (Lipinski definition) is 1. The summed E-state index contributed by atoms with van der Waals surface area (Å²) in [7, 11) is 0. The maximum Gasteiger partial charge on any atom is 0.173 e. The molecule has 0 amide bonds. The summed E-state index contributed by atoms with van der Waals surface area (Å²) in [6.07, 6.45) is 0. The zero-order valence-corrected chi connectivity index (χ0v) is 18.1. The number of rotatable bonds is 2. The second kappa shape index (κ2) is 7.20. The fourth-order valence-corrected chi connectivity index (χ4v) is 5.74. The molecule has 0 saturated heterocycles. The lowest BCUT2D eigenvalue weighted by atomic mass is 10.1. The van der Waals surface area contributed by atoms with E-state index in [1.54, 1.807) is 23.5 Å². The lowest BCUT2D eigenvalue weighted by Crippen LogP contribution is -2.28. The van der Waals surface area contributed by atoms with Gasteiger partial charge in [-0.25, -0.2) is 4.99 Å². The molecule has 0 aliphatic carbocycles. The molecule has 8 heteroatoms. The van der Waals surface area contributed by atoms with E-state index in [1.165, 1.54) is 11.3 Å². The van der Waals surface area contributed by atoms with Crippen molar-refractivity contribution in [2.75, 3.05) is 11.1 Å². The van der Waals surface area contributed by atoms with Crippen LogP contribution < -0.4 is 5.32 Å². The van der Waals surface area contributed by atoms with Gasteiger partial charge in [-0.1, -0.05) is 47.3 Å². The number of amidine groups is 2. The van der Waals surface area contributed by atoms with Gasteiger partial charge >= 0.3 is 0 Å². The summed E-state index contributed by atoms with van der Waals surface area (Å²) < 4.78 is 1.07. The molecular formula is C19H14BrClN4S2. The number of halogens is 2. The number of fused-ring (bicyclic) bond motifs is 3. The minimum Gasteiger partial charge on any atom is -0.334 e. The molecule has 1 N–H and O–H groups in total. The van der Waals surface area contributed by atoms with Crippen LogP contribution in [0.1, 0.15) is 11.1 Å². The van der Waals surface area contributed by atoms with Gasteiger partial charge < -0.3 is 10.2 Å². The molecule has 0 bridgehead atoms. The summed E-state index contributed by atoms with van der Waals surface area (Å²) in [5.41, 5.74) is 5.75. The summed E-state index contributed by atoms with van der Waals surface area (Å²) >= 11 is 13.2. The van der Waals surface area contributed by atoms with Crippen LogP contribution in [0.25, 0.3) is 0 Å². The number of nitrogens with one attached hydrogen (secondary N) is 1. The molecule has 0 atom stereocenters. The summed E-state index contributed by atoms with van der Waals surface area (Å²) in [6, 6.07) is 12.1. The van der Waals surface area contributed by atoms with Gasteiger partial charge in [0.1, 0.15) is 0 Å². The normalized spacial score (nSPS) is 17.3. The van der Waals surface area contributed by atoms with Crippen molar-refractivity contribution < 1.29 is 0 Å². The van der Waals surface area contributed by atoms with Crippen LogP contribution in [0.15, 0.2) is 62.0 Å². The highest BCUT2D eigenvalue weighted by atomic mass is 79.9. The van der Waals surface area contributed by atoms with Crippen LogP contribution in [0.5, 0.6) is 0 Å². The van der Waals surface area contributed by atoms with Crippen LogP contribution in [-0.4, -0.2) is 21.0 Å². The van der Waals surface area contributed by atoms with E-state index in [2.05, 4.69) is 48.7 Å². The number of benzene rings is 2. The monoisotopic (exact) mass is 476 g/mol. The maximum atomic E-state index is 6.15. The third kappa shape index (κ3) is 3.42. The smallest absolute Gasteiger partial charge is 0.173 e. The number of anilines is 1. The molecule has 3 aliphatic rings. The van der Waals surface area contributed by atoms with E-state index in [4.69, 9.17) is 16.6 Å². The molecule has 2 aromatic carbocycles. The van der Waals surface area contributed by atoms with Crippen LogP contribution in [-0.2, 0) is 13.1 Å². The largest absolute Gasteiger partial charge is 0.334 e. The van der Waals surface area contributed by atoms with Crippen LogP contribution >= 0.6 is 51.1 Å². The lowest BCUT2D eigenvalue weighted by molar-refractivity contribution is 0.519. The first-order valence-corrected chi connectivity index (χ1v) is 11.4. The second-order valence-corrected chi connectivity index (χ2v) is 9.38. The van der Waals surface area contributed by atoms with Crippen LogP contribution in [0.2, 0.25) is 5.02 Å². The molecular weight excluding hydrogens is 464 g/mol. The van der Waals surface area contributed by atoms with Gasteiger partial charge in [0.05, 0.1) is 24.5 Å². The van der Waals surface area contributed by atoms with Crippen molar-refractivity contribution in [3.8, 4) is 0 Å². The van der Waals surface area contributed by atoms with Gasteiger partial charge in [0.15, 0.2) is 10.3 Å². The predicted octanol–water partition coefficient (Wildman–Crippen LogP) is 6.21. The van der Waals surface area contributed by atoms with Gasteiger partial charge in [0.2, 0.25) is 0 Å². The van der Waals surface area contributed by atoms with Crippen LogP contribution in [0, 0.1) is 0 Å². The average Bonchev–Trinajstić information content (AvgIpc) is 3.07. The molecule has 27 heavy (non-hydrogen) atoms. The van der Waals surface area contributed by atoms with E-state index >= 15 is 0 Å². The first-order chi connectivity index (χ1) is 13.2. The third-order valence-corrected chi connectivity index (χ3v) is 7.30. The molecule has 136 valence electrons. The Labute approximate surface area is 179 Å². The second-order valence-electron chi connectivity index (χ2n) is 6.29. The van der Waals surface area contributed by atoms with Crippen molar-refractivity contribution in [3.05, 3.63) is 68.1 Å². The Morgan fingerprint density at radius 2 is 2.19 bits per heavy atom. The van der Waals surface area contributed by atoms with Crippen LogP contribution in [0.4, 0.5) is 11.4 Å². The molecule has 0 radical (unpaired) electrons. The Morgan fingerprint density at radius 3 is 3.11 bits per heavy atom. The highest BCUT2D eigenvalue weighted by Gasteiger charge is 2.28. The molecule has 3 heterocycles. The number of hydrogen-bond acceptors (Lipinski definition) is 6. The first-order valence-electron chi connectivity index (χ1n) is 8.39. The van der Waals surface area contributed by atoms with Gasteiger partial charge in [-0.3, -0.25) is 4.99 Å². The first kappa shape index (κ1) is 17.7. The Morgan fingerprint density at radius 1 is 1.26 bits per heavy atom. The summed E-state index contributed by atoms with van der Waals surface area (Å²) in [4.78, 5) is 11.7. The highest BCUT2D eigenvalue weighted by molar-refractivity contribution is 9.10. The number of para-hydroxylation sites is 1. The van der Waals surface area contributed by atoms with Gasteiger partial charge in [-0.2, -0.15) is 0 Å². The van der Waals surface area contributed by atoms with Crippen molar-refractivity contribution in [2.45, 2.75) is 13.1 Å². The average molecular weight is 478 g/mol. The standard InChI is InChI=1S/C19H14BrClN4S2/c20-15-3-1-2-11-7-22-18(24-17(11)15)26-9-14-10-27-19-23-16-5-4-13(21)6-12(16)8-25(14)19/h1-6,10H,7-9H2,(H,22,24). The maximum absolute atomic E-state index is 6.15. The summed E-state index contributed by atoms with van der Waals surface area (Å²) in [5.74, 6) is 0.841. The van der Waals surface area contributed by atoms with E-state index in [1.807, 2.05) is 24.3 Å². The summed E-state index contributed by atoms with van der Waals surface area (Å²) in [6.45, 7) is 1.52. The minimum atomic E-state index is 0.709. The molecule has 0 fully saturated rings. The Balaban J connectivity index is 1.28. The topological polar surface area (TPSA) is 40.0 Å². The van der Waals surface area contributed by atoms with Crippen molar-refractivity contribution in [1.82, 2.24) is 4.90 Å². The fourth-order valence-electron chi connectivity index (χ4n) is 3.17. The Kier molecular flexibility index (Phi) is 4.71. The molecule has 0 saturated carbocycles. The quantitative estimate of drug-likeness (QED) is 0.558. The van der Waals surface area contributed by atoms with E-state index < -0.39 is 0 Å². The predicted molar refractivity (Wildman–Crippen MR) is 121 cm³/mol. The van der Waals surface area contributed by atoms with Crippen molar-refractivity contribution in [3.63, 3.8) is 0 Å². The zero-order valence-electron chi connectivity index (χ0n) is 14.1. The van der Waals surface area contributed by atoms with Gasteiger partial charge in [0, 0.05) is 20.9 Å². The SMILES string of the molecule is Clc1ccc2c(c1)CN1C(CSC3=NCc4cccc(Br)c4N3)=CSC1=N2. The van der Waals surface area contributed by atoms with E-state index in [0.29, 0.717) is 6.54 Å². The molecule has 0 unspecified atom stereocenters. The minimum absolute atomic E-state index is 0.709. The number of thioether (sulfide) groups is 2. The highest BCUT2D eigenvalue weighted by Crippen LogP contribution is 2.39. The lowest BCUT2D eigenvalue weighted by Gasteiger charge is -2.27. The summed E-state index contributed by atoms with van der Waals surface area (Å²) in [5, 5.41) is 8.38. The Hall–Kier alpha value is -1.41. The van der Waals surface area contributed by atoms with E-state index in [9.17, 15) is 0 Å². The molecule has 4 nitrogen and oxygen atoms in total. The molecule has 5 rings (SSSR count). The van der Waals surface area contributed by atoms with Crippen molar-refractivity contribution >= 4 is 72.8 Å². The zero-order chi connectivity index (χ0) is 18.4. The molecule has 2 aromatic rings. The van der Waals surface area contributed by atoms with Gasteiger partial charge in [-0.15, -0.1) is 0 Å². The number of nitrogens with zero attached hydrogens (tertiary/aromatic N) is 3. The molecule has 3 aliphatic heterocycles. The fraction of sp³-hybridized carbons (Fsp3) is 0.158.